The second-order valence-electron chi connectivity index (χ2n) is 6.63. The minimum atomic E-state index is -3.11. The molecule has 4 rings (SSSR count). The lowest BCUT2D eigenvalue weighted by molar-refractivity contribution is 0.0930. The molecule has 0 saturated carbocycles. The molecule has 9 heteroatoms. The van der Waals surface area contributed by atoms with Gasteiger partial charge >= 0.3 is 0 Å². The minimum absolute atomic E-state index is 0.0399. The molecule has 8 nitrogen and oxygen atoms in total. The summed E-state index contributed by atoms with van der Waals surface area (Å²) in [6.45, 7) is 0. The first kappa shape index (κ1) is 18.2. The summed E-state index contributed by atoms with van der Waals surface area (Å²) in [5, 5.41) is 5.47. The summed E-state index contributed by atoms with van der Waals surface area (Å²) in [6.07, 6.45) is 2.01. The molecule has 3 aromatic rings. The Kier molecular flexibility index (Phi) is 4.60. The van der Waals surface area contributed by atoms with Gasteiger partial charge in [0.15, 0.2) is 15.5 Å². The van der Waals surface area contributed by atoms with Gasteiger partial charge in [-0.15, -0.1) is 0 Å². The summed E-state index contributed by atoms with van der Waals surface area (Å²) in [4.78, 5) is 29.6. The van der Waals surface area contributed by atoms with Crippen LogP contribution in [-0.4, -0.2) is 47.2 Å². The predicted molar refractivity (Wildman–Crippen MR) is 104 cm³/mol. The van der Waals surface area contributed by atoms with Crippen LogP contribution in [0.1, 0.15) is 27.5 Å². The molecule has 1 fully saturated rings. The van der Waals surface area contributed by atoms with Crippen molar-refractivity contribution in [1.82, 2.24) is 14.7 Å². The lowest BCUT2D eigenvalue weighted by Crippen LogP contribution is -2.36. The van der Waals surface area contributed by atoms with E-state index in [2.05, 4.69) is 15.6 Å². The van der Waals surface area contributed by atoms with Crippen LogP contribution in [0, 0.1) is 0 Å². The molecule has 3 heterocycles. The molecule has 1 aliphatic heterocycles. The van der Waals surface area contributed by atoms with Gasteiger partial charge in [0.2, 0.25) is 5.82 Å². The molecule has 0 aliphatic carbocycles. The van der Waals surface area contributed by atoms with Crippen LogP contribution in [0.4, 0.5) is 5.69 Å². The van der Waals surface area contributed by atoms with Crippen LogP contribution in [-0.2, 0) is 9.84 Å². The monoisotopic (exact) mass is 398 g/mol. The first-order valence-electron chi connectivity index (χ1n) is 8.78. The SMILES string of the molecule is O=C(Nc1ccccc1)c1nc(C(=O)NC2CCS(=O)(=O)C2)n2ccccc12. The highest BCUT2D eigenvalue weighted by Gasteiger charge is 2.30. The average molecular weight is 398 g/mol. The Labute approximate surface area is 161 Å². The van der Waals surface area contributed by atoms with Gasteiger partial charge in [-0.2, -0.15) is 0 Å². The molecular formula is C19H18N4O4S. The Morgan fingerprint density at radius 1 is 1.04 bits per heavy atom. The molecule has 1 atom stereocenters. The number of fused-ring (bicyclic) bond motifs is 1. The number of nitrogens with one attached hydrogen (secondary N) is 2. The number of hydrogen-bond acceptors (Lipinski definition) is 5. The molecule has 0 spiro atoms. The molecule has 2 amide bonds. The van der Waals surface area contributed by atoms with E-state index in [0.29, 0.717) is 17.6 Å². The molecule has 144 valence electrons. The number of pyridine rings is 1. The van der Waals surface area contributed by atoms with E-state index in [-0.39, 0.29) is 23.0 Å². The molecule has 1 saturated heterocycles. The van der Waals surface area contributed by atoms with Gasteiger partial charge in [-0.3, -0.25) is 14.0 Å². The molecule has 1 aliphatic rings. The third-order valence-electron chi connectivity index (χ3n) is 4.57. The van der Waals surface area contributed by atoms with Crippen LogP contribution in [0.3, 0.4) is 0 Å². The summed E-state index contributed by atoms with van der Waals surface area (Å²) in [5.41, 5.74) is 1.22. The molecule has 0 bridgehead atoms. The summed E-state index contributed by atoms with van der Waals surface area (Å²) in [5.74, 6) is -0.924. The Balaban J connectivity index is 1.63. The van der Waals surface area contributed by atoms with Crippen molar-refractivity contribution in [2.24, 2.45) is 0 Å². The number of nitrogens with zero attached hydrogens (tertiary/aromatic N) is 2. The number of hydrogen-bond donors (Lipinski definition) is 2. The standard InChI is InChI=1S/C19H18N4O4S/c24-18(20-13-6-2-1-3-7-13)16-15-8-4-5-10-23(15)17(22-16)19(25)21-14-9-11-28(26,27)12-14/h1-8,10,14H,9,11-12H2,(H,20,24)(H,21,25). The van der Waals surface area contributed by atoms with Gasteiger partial charge in [0, 0.05) is 17.9 Å². The van der Waals surface area contributed by atoms with Gasteiger partial charge < -0.3 is 10.6 Å². The van der Waals surface area contributed by atoms with Crippen LogP contribution in [0.5, 0.6) is 0 Å². The molecule has 0 radical (unpaired) electrons. The van der Waals surface area contributed by atoms with Gasteiger partial charge in [-0.05, 0) is 30.7 Å². The van der Waals surface area contributed by atoms with Crippen LogP contribution in [0.15, 0.2) is 54.7 Å². The van der Waals surface area contributed by atoms with E-state index in [1.54, 1.807) is 48.7 Å². The number of rotatable bonds is 4. The van der Waals surface area contributed by atoms with Crippen molar-refractivity contribution in [3.8, 4) is 0 Å². The second kappa shape index (κ2) is 7.08. The van der Waals surface area contributed by atoms with Crippen molar-refractivity contribution in [3.63, 3.8) is 0 Å². The number of imidazole rings is 1. The summed E-state index contributed by atoms with van der Waals surface area (Å²) >= 11 is 0. The number of para-hydroxylation sites is 1. The first-order chi connectivity index (χ1) is 13.4. The zero-order valence-corrected chi connectivity index (χ0v) is 15.6. The van der Waals surface area contributed by atoms with E-state index in [0.717, 1.165) is 0 Å². The van der Waals surface area contributed by atoms with Gasteiger partial charge in [0.25, 0.3) is 11.8 Å². The summed E-state index contributed by atoms with van der Waals surface area (Å²) in [7, 11) is -3.11. The number of anilines is 1. The van der Waals surface area contributed by atoms with Crippen LogP contribution in [0.2, 0.25) is 0 Å². The largest absolute Gasteiger partial charge is 0.346 e. The zero-order chi connectivity index (χ0) is 19.7. The number of amides is 2. The topological polar surface area (TPSA) is 110 Å². The predicted octanol–water partition coefficient (Wildman–Crippen LogP) is 1.50. The van der Waals surface area contributed by atoms with Crippen LogP contribution >= 0.6 is 0 Å². The molecule has 2 N–H and O–H groups in total. The molecule has 1 unspecified atom stereocenters. The summed E-state index contributed by atoms with van der Waals surface area (Å²) in [6, 6.07) is 13.7. The van der Waals surface area contributed by atoms with E-state index < -0.39 is 27.7 Å². The van der Waals surface area contributed by atoms with Gasteiger partial charge in [0.05, 0.1) is 17.0 Å². The number of benzene rings is 1. The zero-order valence-electron chi connectivity index (χ0n) is 14.8. The maximum Gasteiger partial charge on any atom is 0.287 e. The Hall–Kier alpha value is -3.20. The van der Waals surface area contributed by atoms with Crippen molar-refractivity contribution in [1.29, 1.82) is 0 Å². The van der Waals surface area contributed by atoms with E-state index in [4.69, 9.17) is 0 Å². The van der Waals surface area contributed by atoms with Crippen molar-refractivity contribution >= 4 is 32.9 Å². The van der Waals surface area contributed by atoms with E-state index in [1.165, 1.54) is 4.40 Å². The fourth-order valence-electron chi connectivity index (χ4n) is 3.24. The highest BCUT2D eigenvalue weighted by molar-refractivity contribution is 7.91. The van der Waals surface area contributed by atoms with Crippen molar-refractivity contribution in [2.45, 2.75) is 12.5 Å². The van der Waals surface area contributed by atoms with Crippen molar-refractivity contribution in [2.75, 3.05) is 16.8 Å². The molecule has 2 aromatic heterocycles. The number of aromatic nitrogens is 2. The molecule has 1 aromatic carbocycles. The Morgan fingerprint density at radius 2 is 1.79 bits per heavy atom. The smallest absolute Gasteiger partial charge is 0.287 e. The molecule has 28 heavy (non-hydrogen) atoms. The summed E-state index contributed by atoms with van der Waals surface area (Å²) < 4.78 is 24.8. The van der Waals surface area contributed by atoms with E-state index in [9.17, 15) is 18.0 Å². The Morgan fingerprint density at radius 3 is 2.50 bits per heavy atom. The van der Waals surface area contributed by atoms with E-state index >= 15 is 0 Å². The lowest BCUT2D eigenvalue weighted by atomic mass is 10.2. The van der Waals surface area contributed by atoms with Crippen molar-refractivity contribution in [3.05, 3.63) is 66.2 Å². The highest BCUT2D eigenvalue weighted by atomic mass is 32.2. The maximum absolute atomic E-state index is 12.7. The number of sulfone groups is 1. The highest BCUT2D eigenvalue weighted by Crippen LogP contribution is 2.17. The lowest BCUT2D eigenvalue weighted by Gasteiger charge is -2.09. The Bertz CT molecular complexity index is 1160. The van der Waals surface area contributed by atoms with Gasteiger partial charge in [-0.25, -0.2) is 13.4 Å². The quantitative estimate of drug-likeness (QED) is 0.692. The number of carbonyl (C=O) groups excluding carboxylic acids is 2. The van der Waals surface area contributed by atoms with Gasteiger partial charge in [0.1, 0.15) is 0 Å². The molecular weight excluding hydrogens is 380 g/mol. The van der Waals surface area contributed by atoms with Crippen molar-refractivity contribution < 1.29 is 18.0 Å². The second-order valence-corrected chi connectivity index (χ2v) is 8.86. The maximum atomic E-state index is 12.7. The number of carbonyl (C=O) groups is 2. The van der Waals surface area contributed by atoms with Crippen LogP contribution < -0.4 is 10.6 Å². The van der Waals surface area contributed by atoms with E-state index in [1.807, 2.05) is 6.07 Å². The third-order valence-corrected chi connectivity index (χ3v) is 6.33. The normalized spacial score (nSPS) is 18.1. The fourth-order valence-corrected chi connectivity index (χ4v) is 4.91. The van der Waals surface area contributed by atoms with Crippen LogP contribution in [0.25, 0.3) is 5.52 Å². The van der Waals surface area contributed by atoms with Gasteiger partial charge in [-0.1, -0.05) is 24.3 Å². The minimum Gasteiger partial charge on any atom is -0.346 e. The fraction of sp³-hybridized carbons (Fsp3) is 0.211. The average Bonchev–Trinajstić information content (AvgIpc) is 3.22. The first-order valence-corrected chi connectivity index (χ1v) is 10.6. The third kappa shape index (κ3) is 3.61.